The van der Waals surface area contributed by atoms with Gasteiger partial charge in [0.1, 0.15) is 0 Å². The minimum atomic E-state index is -2.79. The molecular formula is C13H20BNO3. The van der Waals surface area contributed by atoms with Crippen LogP contribution < -0.4 is 10.2 Å². The van der Waals surface area contributed by atoms with Gasteiger partial charge in [0.25, 0.3) is 0 Å². The molecule has 1 aromatic rings. The molecule has 1 fully saturated rings. The number of hydrogen-bond acceptors (Lipinski definition) is 4. The third-order valence-corrected chi connectivity index (χ3v) is 3.49. The van der Waals surface area contributed by atoms with Gasteiger partial charge >= 0.3 is 7.12 Å². The maximum atomic E-state index is 7.59. The summed E-state index contributed by atoms with van der Waals surface area (Å²) in [4.78, 5) is 3.87. The molecular weight excluding hydrogens is 229 g/mol. The molecule has 0 spiro atoms. The zero-order valence-electron chi connectivity index (χ0n) is 16.9. The van der Waals surface area contributed by atoms with Crippen LogP contribution in [0.25, 0.3) is 0 Å². The Labute approximate surface area is 117 Å². The van der Waals surface area contributed by atoms with E-state index in [0.29, 0.717) is 5.46 Å². The monoisotopic (exact) mass is 255 g/mol. The molecule has 0 unspecified atom stereocenters. The molecule has 18 heavy (non-hydrogen) atoms. The highest BCUT2D eigenvalue weighted by Crippen LogP contribution is 2.36. The number of aryl methyl sites for hydroxylation is 1. The minimum Gasteiger partial charge on any atom is -0.481 e. The van der Waals surface area contributed by atoms with Gasteiger partial charge in [-0.3, -0.25) is 0 Å². The number of aromatic nitrogens is 1. The van der Waals surface area contributed by atoms with Crippen LogP contribution in [0.15, 0.2) is 12.3 Å². The van der Waals surface area contributed by atoms with Crippen molar-refractivity contribution in [2.45, 2.75) is 45.7 Å². The molecule has 0 amide bonds. The highest BCUT2D eigenvalue weighted by Gasteiger charge is 2.51. The number of ether oxygens (including phenoxy) is 1. The van der Waals surface area contributed by atoms with Crippen molar-refractivity contribution in [1.82, 2.24) is 4.98 Å². The summed E-state index contributed by atoms with van der Waals surface area (Å²) >= 11 is 0. The van der Waals surface area contributed by atoms with E-state index in [1.54, 1.807) is 0 Å². The minimum absolute atomic E-state index is 0.300. The third kappa shape index (κ3) is 2.13. The van der Waals surface area contributed by atoms with Gasteiger partial charge in [0.15, 0.2) is 0 Å². The second-order valence-electron chi connectivity index (χ2n) is 5.31. The van der Waals surface area contributed by atoms with Crippen LogP contribution in [0.4, 0.5) is 0 Å². The lowest BCUT2D eigenvalue weighted by atomic mass is 9.80. The normalized spacial score (nSPS) is 27.4. The van der Waals surface area contributed by atoms with Crippen molar-refractivity contribution < 1.29 is 22.3 Å². The smallest absolute Gasteiger partial charge is 0.481 e. The first kappa shape index (κ1) is 7.51. The van der Waals surface area contributed by atoms with Crippen LogP contribution in [0.2, 0.25) is 0 Å². The summed E-state index contributed by atoms with van der Waals surface area (Å²) < 4.78 is 60.6. The Hall–Kier alpha value is -1.07. The van der Waals surface area contributed by atoms with Crippen LogP contribution in [0.3, 0.4) is 0 Å². The summed E-state index contributed by atoms with van der Waals surface area (Å²) in [6.45, 7) is 4.90. The quantitative estimate of drug-likeness (QED) is 0.754. The van der Waals surface area contributed by atoms with Crippen LogP contribution in [0.1, 0.15) is 41.5 Å². The second-order valence-corrected chi connectivity index (χ2v) is 5.31. The van der Waals surface area contributed by atoms with Gasteiger partial charge in [-0.25, -0.2) is 4.98 Å². The molecule has 1 aliphatic rings. The average Bonchev–Trinajstić information content (AvgIpc) is 2.55. The molecule has 5 heteroatoms. The van der Waals surface area contributed by atoms with Crippen molar-refractivity contribution in [3.05, 3.63) is 17.8 Å². The van der Waals surface area contributed by atoms with Crippen LogP contribution in [-0.2, 0) is 9.31 Å². The SMILES string of the molecule is [2H]C([2H])([2H])Oc1ncc(B2OC(C)(C)C(C)(C)O2)cc1C([2H])([2H])[2H]. The molecule has 0 saturated carbocycles. The van der Waals surface area contributed by atoms with E-state index in [0.717, 1.165) is 0 Å². The Balaban J connectivity index is 2.41. The van der Waals surface area contributed by atoms with Gasteiger partial charge in [-0.2, -0.15) is 0 Å². The number of nitrogens with zero attached hydrogens (tertiary/aromatic N) is 1. The first-order valence-corrected chi connectivity index (χ1v) is 5.67. The molecule has 0 aromatic carbocycles. The number of pyridine rings is 1. The molecule has 1 saturated heterocycles. The Morgan fingerprint density at radius 2 is 1.94 bits per heavy atom. The predicted molar refractivity (Wildman–Crippen MR) is 71.2 cm³/mol. The van der Waals surface area contributed by atoms with E-state index in [4.69, 9.17) is 22.3 Å². The zero-order valence-corrected chi connectivity index (χ0v) is 10.9. The van der Waals surface area contributed by atoms with Gasteiger partial charge in [-0.1, -0.05) is 6.07 Å². The van der Waals surface area contributed by atoms with Crippen LogP contribution in [-0.4, -0.2) is 30.3 Å². The molecule has 0 aliphatic carbocycles. The lowest BCUT2D eigenvalue weighted by Gasteiger charge is -2.32. The van der Waals surface area contributed by atoms with Gasteiger partial charge in [-0.15, -0.1) is 0 Å². The molecule has 0 radical (unpaired) electrons. The lowest BCUT2D eigenvalue weighted by Crippen LogP contribution is -2.41. The standard InChI is InChI=1S/C13H20BNO3/c1-9-7-10(8-15-11(9)16-6)14-17-12(2,3)13(4,5)18-14/h7-8H,1-6H3/i1D3,6D3. The van der Waals surface area contributed by atoms with Crippen molar-refractivity contribution in [1.29, 1.82) is 0 Å². The molecule has 98 valence electrons. The van der Waals surface area contributed by atoms with Gasteiger partial charge < -0.3 is 14.0 Å². The molecule has 1 aliphatic heterocycles. The van der Waals surface area contributed by atoms with Crippen molar-refractivity contribution in [2.24, 2.45) is 0 Å². The topological polar surface area (TPSA) is 40.6 Å². The van der Waals surface area contributed by atoms with E-state index in [-0.39, 0.29) is 5.56 Å². The highest BCUT2D eigenvalue weighted by atomic mass is 16.7. The van der Waals surface area contributed by atoms with Crippen molar-refractivity contribution >= 4 is 12.6 Å². The van der Waals surface area contributed by atoms with Crippen molar-refractivity contribution in [3.63, 3.8) is 0 Å². The van der Waals surface area contributed by atoms with E-state index in [1.807, 2.05) is 27.7 Å². The number of hydrogen-bond donors (Lipinski definition) is 0. The van der Waals surface area contributed by atoms with Crippen LogP contribution in [0.5, 0.6) is 5.88 Å². The summed E-state index contributed by atoms with van der Waals surface area (Å²) in [6, 6.07) is 1.29. The van der Waals surface area contributed by atoms with Crippen molar-refractivity contribution in [3.8, 4) is 5.88 Å². The fourth-order valence-electron chi connectivity index (χ4n) is 1.66. The zero-order chi connectivity index (χ0) is 18.6. The van der Waals surface area contributed by atoms with Gasteiger partial charge in [0, 0.05) is 21.3 Å². The van der Waals surface area contributed by atoms with E-state index in [2.05, 4.69) is 4.98 Å². The van der Waals surface area contributed by atoms with Gasteiger partial charge in [0.2, 0.25) is 5.88 Å². The number of methoxy groups -OCH3 is 1. The first-order chi connectivity index (χ1) is 10.6. The maximum absolute atomic E-state index is 7.59. The summed E-state index contributed by atoms with van der Waals surface area (Å²) in [5.41, 5.74) is -1.10. The summed E-state index contributed by atoms with van der Waals surface area (Å²) in [5.74, 6) is -0.449. The van der Waals surface area contributed by atoms with Gasteiger partial charge in [0.05, 0.1) is 22.4 Å². The van der Waals surface area contributed by atoms with E-state index in [9.17, 15) is 0 Å². The molecule has 0 bridgehead atoms. The van der Waals surface area contributed by atoms with Crippen molar-refractivity contribution in [2.75, 3.05) is 7.04 Å². The highest BCUT2D eigenvalue weighted by molar-refractivity contribution is 6.62. The Morgan fingerprint density at radius 1 is 1.28 bits per heavy atom. The fraction of sp³-hybridized carbons (Fsp3) is 0.615. The molecule has 2 heterocycles. The van der Waals surface area contributed by atoms with E-state index in [1.165, 1.54) is 12.3 Å². The molecule has 0 atom stereocenters. The summed E-state index contributed by atoms with van der Waals surface area (Å²) in [5, 5.41) is 0. The molecule has 4 nitrogen and oxygen atoms in total. The molecule has 1 aromatic heterocycles. The number of rotatable bonds is 2. The Morgan fingerprint density at radius 3 is 2.50 bits per heavy atom. The summed E-state index contributed by atoms with van der Waals surface area (Å²) in [6.07, 6.45) is 1.30. The van der Waals surface area contributed by atoms with E-state index >= 15 is 0 Å². The largest absolute Gasteiger partial charge is 0.496 e. The maximum Gasteiger partial charge on any atom is 0.496 e. The fourth-order valence-corrected chi connectivity index (χ4v) is 1.66. The Bertz CT molecular complexity index is 613. The predicted octanol–water partition coefficient (Wildman–Crippen LogP) is 1.70. The average molecular weight is 255 g/mol. The Kier molecular flexibility index (Phi) is 1.77. The van der Waals surface area contributed by atoms with Crippen LogP contribution >= 0.6 is 0 Å². The molecule has 2 rings (SSSR count). The summed E-state index contributed by atoms with van der Waals surface area (Å²) in [7, 11) is -3.59. The molecule has 0 N–H and O–H groups in total. The third-order valence-electron chi connectivity index (χ3n) is 3.49. The second kappa shape index (κ2) is 4.25. The van der Waals surface area contributed by atoms with E-state index < -0.39 is 38.1 Å². The first-order valence-electron chi connectivity index (χ1n) is 8.67. The van der Waals surface area contributed by atoms with Crippen LogP contribution in [0, 0.1) is 6.85 Å². The van der Waals surface area contributed by atoms with Gasteiger partial charge in [-0.05, 0) is 34.5 Å². The lowest BCUT2D eigenvalue weighted by molar-refractivity contribution is 0.00578.